The molecule has 12 heteroatoms. The van der Waals surface area contributed by atoms with Crippen molar-refractivity contribution in [2.45, 2.75) is 6.18 Å². The number of alkyl halides is 3. The molecule has 0 radical (unpaired) electrons. The molecule has 1 heterocycles. The summed E-state index contributed by atoms with van der Waals surface area (Å²) in [6.07, 6.45) is -2.10. The summed E-state index contributed by atoms with van der Waals surface area (Å²) >= 11 is 5.54. The highest BCUT2D eigenvalue weighted by Crippen LogP contribution is 2.36. The van der Waals surface area contributed by atoms with Crippen molar-refractivity contribution >= 4 is 41.1 Å². The van der Waals surface area contributed by atoms with E-state index in [2.05, 4.69) is 5.32 Å². The fraction of sp³-hybridized carbons (Fsp3) is 0.227. The molecule has 180 valence electrons. The predicted octanol–water partition coefficient (Wildman–Crippen LogP) is 3.74. The van der Waals surface area contributed by atoms with Gasteiger partial charge in [0, 0.05) is 18.8 Å². The van der Waals surface area contributed by atoms with E-state index in [1.54, 1.807) is 18.2 Å². The Morgan fingerprint density at radius 1 is 1.15 bits per heavy atom. The van der Waals surface area contributed by atoms with Gasteiger partial charge in [0.15, 0.2) is 18.1 Å². The number of esters is 1. The van der Waals surface area contributed by atoms with Gasteiger partial charge in [-0.15, -0.1) is 0 Å². The van der Waals surface area contributed by atoms with E-state index in [4.69, 9.17) is 25.8 Å². The number of hydrogen-bond acceptors (Lipinski definition) is 6. The molecule has 2 amide bonds. The number of carbonyl (C=O) groups excluding carboxylic acids is 3. The highest BCUT2D eigenvalue weighted by Gasteiger charge is 2.33. The molecular weight excluding hydrogens is 481 g/mol. The smallest absolute Gasteiger partial charge is 0.417 e. The van der Waals surface area contributed by atoms with Gasteiger partial charge in [0.1, 0.15) is 0 Å². The molecule has 1 aliphatic heterocycles. The summed E-state index contributed by atoms with van der Waals surface area (Å²) in [6.45, 7) is -0.993. The maximum absolute atomic E-state index is 12.9. The second kappa shape index (κ2) is 10.5. The van der Waals surface area contributed by atoms with E-state index in [1.165, 1.54) is 19.2 Å². The Bertz CT molecular complexity index is 1140. The van der Waals surface area contributed by atoms with E-state index < -0.39 is 47.7 Å². The van der Waals surface area contributed by atoms with E-state index in [0.29, 0.717) is 23.1 Å². The molecule has 0 saturated carbocycles. The number of ether oxygens (including phenoxy) is 3. The van der Waals surface area contributed by atoms with Gasteiger partial charge in [-0.1, -0.05) is 17.7 Å². The molecule has 0 aromatic heterocycles. The van der Waals surface area contributed by atoms with Gasteiger partial charge in [0.2, 0.25) is 12.7 Å². The fourth-order valence-corrected chi connectivity index (χ4v) is 3.02. The molecule has 0 atom stereocenters. The number of carbonyl (C=O) groups is 3. The van der Waals surface area contributed by atoms with Crippen molar-refractivity contribution in [1.29, 1.82) is 0 Å². The molecule has 34 heavy (non-hydrogen) atoms. The van der Waals surface area contributed by atoms with Crippen LogP contribution >= 0.6 is 11.6 Å². The molecule has 0 aliphatic carbocycles. The largest absolute Gasteiger partial charge is 0.454 e. The lowest BCUT2D eigenvalue weighted by Crippen LogP contribution is -2.37. The monoisotopic (exact) mass is 498 g/mol. The zero-order valence-electron chi connectivity index (χ0n) is 17.6. The van der Waals surface area contributed by atoms with Gasteiger partial charge in [-0.25, -0.2) is 4.79 Å². The summed E-state index contributed by atoms with van der Waals surface area (Å²) in [4.78, 5) is 37.0. The molecule has 2 aromatic carbocycles. The Morgan fingerprint density at radius 2 is 1.88 bits per heavy atom. The first-order valence-electron chi connectivity index (χ1n) is 9.68. The molecule has 3 rings (SSSR count). The topological polar surface area (TPSA) is 94.2 Å². The van der Waals surface area contributed by atoms with Crippen LogP contribution in [0.15, 0.2) is 42.5 Å². The Kier molecular flexibility index (Phi) is 7.67. The van der Waals surface area contributed by atoms with E-state index in [-0.39, 0.29) is 12.5 Å². The number of anilines is 1. The third kappa shape index (κ3) is 6.64. The number of nitrogens with one attached hydrogen (secondary N) is 1. The van der Waals surface area contributed by atoms with Crippen LogP contribution in [0, 0.1) is 0 Å². The molecule has 0 bridgehead atoms. The van der Waals surface area contributed by atoms with Crippen LogP contribution in [0.4, 0.5) is 18.9 Å². The van der Waals surface area contributed by atoms with Crippen LogP contribution in [0.5, 0.6) is 11.5 Å². The van der Waals surface area contributed by atoms with Gasteiger partial charge in [0.05, 0.1) is 17.1 Å². The summed E-state index contributed by atoms with van der Waals surface area (Å²) in [6, 6.07) is 7.95. The van der Waals surface area contributed by atoms with Crippen LogP contribution in [0.3, 0.4) is 0 Å². The second-order valence-corrected chi connectivity index (χ2v) is 7.45. The van der Waals surface area contributed by atoms with Crippen LogP contribution in [0.2, 0.25) is 5.02 Å². The first-order chi connectivity index (χ1) is 16.0. The van der Waals surface area contributed by atoms with Gasteiger partial charge in [-0.05, 0) is 42.0 Å². The van der Waals surface area contributed by atoms with Crippen molar-refractivity contribution in [1.82, 2.24) is 4.90 Å². The first-order valence-corrected chi connectivity index (χ1v) is 10.1. The van der Waals surface area contributed by atoms with Crippen LogP contribution in [0.1, 0.15) is 11.1 Å². The zero-order chi connectivity index (χ0) is 24.9. The molecule has 0 fully saturated rings. The van der Waals surface area contributed by atoms with E-state index >= 15 is 0 Å². The van der Waals surface area contributed by atoms with Crippen LogP contribution in [0.25, 0.3) is 6.08 Å². The second-order valence-electron chi connectivity index (χ2n) is 7.04. The van der Waals surface area contributed by atoms with E-state index in [1.807, 2.05) is 0 Å². The van der Waals surface area contributed by atoms with Gasteiger partial charge in [-0.2, -0.15) is 13.2 Å². The molecule has 0 spiro atoms. The Hall–Kier alpha value is -3.73. The molecule has 0 unspecified atom stereocenters. The summed E-state index contributed by atoms with van der Waals surface area (Å²) in [5.41, 5.74) is -0.586. The van der Waals surface area contributed by atoms with Gasteiger partial charge >= 0.3 is 12.1 Å². The maximum atomic E-state index is 12.9. The SMILES string of the molecule is CN(CC(=O)Nc1ccc(Cl)c(C(F)(F)F)c1)C(=O)COC(=O)/C=C/c1ccc2c(c1)OCO2. The van der Waals surface area contributed by atoms with Crippen LogP contribution < -0.4 is 14.8 Å². The summed E-state index contributed by atoms with van der Waals surface area (Å²) in [7, 11) is 1.28. The first kappa shape index (κ1) is 24.9. The summed E-state index contributed by atoms with van der Waals surface area (Å²) in [5.74, 6) is -1.09. The number of rotatable bonds is 7. The third-order valence-corrected chi connectivity index (χ3v) is 4.84. The highest BCUT2D eigenvalue weighted by molar-refractivity contribution is 6.31. The Labute approximate surface area is 196 Å². The summed E-state index contributed by atoms with van der Waals surface area (Å²) < 4.78 is 54.1. The molecule has 2 aromatic rings. The summed E-state index contributed by atoms with van der Waals surface area (Å²) in [5, 5.41) is 1.75. The van der Waals surface area contributed by atoms with Crippen molar-refractivity contribution in [2.24, 2.45) is 0 Å². The quantitative estimate of drug-likeness (QED) is 0.462. The average Bonchev–Trinajstić information content (AvgIpc) is 3.24. The number of nitrogens with zero attached hydrogens (tertiary/aromatic N) is 1. The highest BCUT2D eigenvalue weighted by atomic mass is 35.5. The average molecular weight is 499 g/mol. The van der Waals surface area contributed by atoms with Crippen molar-refractivity contribution in [3.8, 4) is 11.5 Å². The molecule has 1 N–H and O–H groups in total. The number of hydrogen-bond donors (Lipinski definition) is 1. The molecular formula is C22H18ClF3N2O6. The number of benzene rings is 2. The Morgan fingerprint density at radius 3 is 2.62 bits per heavy atom. The van der Waals surface area contributed by atoms with E-state index in [9.17, 15) is 27.6 Å². The standard InChI is InChI=1S/C22H18ClF3N2O6/c1-28(10-19(29)27-14-4-5-16(23)15(9-14)22(24,25)26)20(30)11-32-21(31)7-3-13-2-6-17-18(8-13)34-12-33-17/h2-9H,10-12H2,1H3,(H,27,29)/b7-3+. The lowest BCUT2D eigenvalue weighted by molar-refractivity contribution is -0.148. The fourth-order valence-electron chi connectivity index (χ4n) is 2.80. The van der Waals surface area contributed by atoms with Gasteiger partial charge in [0.25, 0.3) is 5.91 Å². The van der Waals surface area contributed by atoms with Crippen LogP contribution in [-0.2, 0) is 25.3 Å². The minimum atomic E-state index is -4.69. The lowest BCUT2D eigenvalue weighted by atomic mass is 10.2. The molecule has 8 nitrogen and oxygen atoms in total. The minimum Gasteiger partial charge on any atom is -0.454 e. The molecule has 1 aliphatic rings. The third-order valence-electron chi connectivity index (χ3n) is 4.51. The molecule has 0 saturated heterocycles. The zero-order valence-corrected chi connectivity index (χ0v) is 18.4. The Balaban J connectivity index is 1.46. The normalized spacial score (nSPS) is 12.5. The number of amides is 2. The number of likely N-dealkylation sites (N-methyl/N-ethyl adjacent to an activating group) is 1. The van der Waals surface area contributed by atoms with E-state index in [0.717, 1.165) is 17.0 Å². The van der Waals surface area contributed by atoms with Crippen molar-refractivity contribution in [2.75, 3.05) is 32.3 Å². The van der Waals surface area contributed by atoms with Crippen molar-refractivity contribution < 1.29 is 41.8 Å². The number of halogens is 4. The minimum absolute atomic E-state index is 0.118. The predicted molar refractivity (Wildman–Crippen MR) is 115 cm³/mol. The lowest BCUT2D eigenvalue weighted by Gasteiger charge is -2.17. The van der Waals surface area contributed by atoms with Crippen molar-refractivity contribution in [3.63, 3.8) is 0 Å². The van der Waals surface area contributed by atoms with Crippen molar-refractivity contribution in [3.05, 3.63) is 58.6 Å². The van der Waals surface area contributed by atoms with Gasteiger partial charge in [-0.3, -0.25) is 9.59 Å². The van der Waals surface area contributed by atoms with Gasteiger partial charge < -0.3 is 24.4 Å². The van der Waals surface area contributed by atoms with Crippen LogP contribution in [-0.4, -0.2) is 49.7 Å². The maximum Gasteiger partial charge on any atom is 0.417 e. The number of fused-ring (bicyclic) bond motifs is 1.